The van der Waals surface area contributed by atoms with Crippen LogP contribution in [0.25, 0.3) is 0 Å². The van der Waals surface area contributed by atoms with Gasteiger partial charge in [-0.2, -0.15) is 0 Å². The second kappa shape index (κ2) is 21.1. The molecule has 5 heteroatoms. The van der Waals surface area contributed by atoms with E-state index in [-0.39, 0.29) is 17.7 Å². The molecule has 0 aliphatic rings. The van der Waals surface area contributed by atoms with Gasteiger partial charge in [-0.15, -0.1) is 0 Å². The molecule has 0 saturated carbocycles. The molecule has 3 N–H and O–H groups in total. The molecular formula is C25H51N3O2. The van der Waals surface area contributed by atoms with Gasteiger partial charge in [0.15, 0.2) is 0 Å². The van der Waals surface area contributed by atoms with E-state index < -0.39 is 0 Å². The zero-order valence-corrected chi connectivity index (χ0v) is 20.4. The Kier molecular flexibility index (Phi) is 20.4. The number of carbonyl (C=O) groups excluding carboxylic acids is 2. The minimum absolute atomic E-state index is 0.0943. The minimum atomic E-state index is 0.0943. The van der Waals surface area contributed by atoms with Crippen LogP contribution in [-0.4, -0.2) is 43.4 Å². The van der Waals surface area contributed by atoms with Gasteiger partial charge in [-0.05, 0) is 31.7 Å². The maximum absolute atomic E-state index is 12.3. The van der Waals surface area contributed by atoms with Crippen LogP contribution in [-0.2, 0) is 9.59 Å². The monoisotopic (exact) mass is 425 g/mol. The smallest absolute Gasteiger partial charge is 0.222 e. The van der Waals surface area contributed by atoms with Crippen LogP contribution < -0.4 is 11.1 Å². The Labute approximate surface area is 186 Å². The maximum Gasteiger partial charge on any atom is 0.222 e. The first-order valence-electron chi connectivity index (χ1n) is 12.7. The third-order valence-corrected chi connectivity index (χ3v) is 5.74. The van der Waals surface area contributed by atoms with Gasteiger partial charge in [0.25, 0.3) is 0 Å². The predicted molar refractivity (Wildman–Crippen MR) is 128 cm³/mol. The highest BCUT2D eigenvalue weighted by Gasteiger charge is 2.15. The van der Waals surface area contributed by atoms with E-state index in [2.05, 4.69) is 12.2 Å². The Bertz CT molecular complexity index is 415. The number of carbonyl (C=O) groups is 2. The van der Waals surface area contributed by atoms with Crippen molar-refractivity contribution in [1.29, 1.82) is 0 Å². The number of nitrogens with zero attached hydrogens (tertiary/aromatic N) is 1. The third kappa shape index (κ3) is 18.9. The fraction of sp³-hybridized carbons (Fsp3) is 0.920. The van der Waals surface area contributed by atoms with Crippen LogP contribution in [0.1, 0.15) is 117 Å². The molecule has 0 bridgehead atoms. The van der Waals surface area contributed by atoms with Gasteiger partial charge < -0.3 is 16.0 Å². The molecule has 2 amide bonds. The Morgan fingerprint density at radius 1 is 0.833 bits per heavy atom. The SMILES string of the molecule is CCCCCCCCCCCCC(=O)N(C)CC(C)CC(=O)NCCCCCCN. The van der Waals surface area contributed by atoms with Crippen molar-refractivity contribution in [2.45, 2.75) is 117 Å². The molecule has 0 aromatic heterocycles. The van der Waals surface area contributed by atoms with Crippen molar-refractivity contribution in [3.63, 3.8) is 0 Å². The van der Waals surface area contributed by atoms with Crippen LogP contribution in [0.15, 0.2) is 0 Å². The fourth-order valence-corrected chi connectivity index (χ4v) is 3.83. The molecule has 5 nitrogen and oxygen atoms in total. The summed E-state index contributed by atoms with van der Waals surface area (Å²) in [6, 6.07) is 0. The predicted octanol–water partition coefficient (Wildman–Crippen LogP) is 5.42. The molecule has 0 aromatic rings. The zero-order chi connectivity index (χ0) is 22.5. The van der Waals surface area contributed by atoms with E-state index in [0.717, 1.165) is 51.6 Å². The summed E-state index contributed by atoms with van der Waals surface area (Å²) in [5.41, 5.74) is 5.48. The number of hydrogen-bond acceptors (Lipinski definition) is 3. The van der Waals surface area contributed by atoms with Gasteiger partial charge in [-0.25, -0.2) is 0 Å². The molecule has 30 heavy (non-hydrogen) atoms. The topological polar surface area (TPSA) is 75.4 Å². The van der Waals surface area contributed by atoms with Gasteiger partial charge in [0, 0.05) is 33.0 Å². The molecular weight excluding hydrogens is 374 g/mol. The van der Waals surface area contributed by atoms with Crippen LogP contribution in [0.4, 0.5) is 0 Å². The normalized spacial score (nSPS) is 12.0. The number of nitrogens with two attached hydrogens (primary N) is 1. The summed E-state index contributed by atoms with van der Waals surface area (Å²) in [7, 11) is 1.87. The first-order valence-corrected chi connectivity index (χ1v) is 12.7. The summed E-state index contributed by atoms with van der Waals surface area (Å²) in [4.78, 5) is 26.1. The summed E-state index contributed by atoms with van der Waals surface area (Å²) >= 11 is 0. The molecule has 0 heterocycles. The Hall–Kier alpha value is -1.10. The highest BCUT2D eigenvalue weighted by Crippen LogP contribution is 2.12. The number of rotatable bonds is 21. The summed E-state index contributed by atoms with van der Waals surface area (Å²) in [6.45, 7) is 6.44. The van der Waals surface area contributed by atoms with Gasteiger partial charge in [0.2, 0.25) is 11.8 Å². The van der Waals surface area contributed by atoms with Crippen molar-refractivity contribution in [1.82, 2.24) is 10.2 Å². The minimum Gasteiger partial charge on any atom is -0.356 e. The molecule has 178 valence electrons. The lowest BCUT2D eigenvalue weighted by atomic mass is 10.0. The standard InChI is InChI=1S/C25H51N3O2/c1-4-5-6-7-8-9-10-11-12-15-18-25(30)28(3)22-23(2)21-24(29)27-20-17-14-13-16-19-26/h23H,4-22,26H2,1-3H3,(H,27,29). The van der Waals surface area contributed by atoms with Gasteiger partial charge in [0.1, 0.15) is 0 Å². The van der Waals surface area contributed by atoms with E-state index in [9.17, 15) is 9.59 Å². The largest absolute Gasteiger partial charge is 0.356 e. The number of amides is 2. The van der Waals surface area contributed by atoms with Crippen LogP contribution in [0.2, 0.25) is 0 Å². The van der Waals surface area contributed by atoms with E-state index in [1.807, 2.05) is 14.0 Å². The lowest BCUT2D eigenvalue weighted by molar-refractivity contribution is -0.131. The third-order valence-electron chi connectivity index (χ3n) is 5.74. The van der Waals surface area contributed by atoms with E-state index >= 15 is 0 Å². The van der Waals surface area contributed by atoms with Gasteiger partial charge in [-0.3, -0.25) is 9.59 Å². The molecule has 1 atom stereocenters. The van der Waals surface area contributed by atoms with Gasteiger partial charge in [0.05, 0.1) is 0 Å². The molecule has 0 saturated heterocycles. The average molecular weight is 426 g/mol. The average Bonchev–Trinajstić information content (AvgIpc) is 2.71. The van der Waals surface area contributed by atoms with Gasteiger partial charge >= 0.3 is 0 Å². The Morgan fingerprint density at radius 2 is 1.37 bits per heavy atom. The molecule has 0 rings (SSSR count). The number of unbranched alkanes of at least 4 members (excludes halogenated alkanes) is 12. The molecule has 0 aromatic carbocycles. The second-order valence-corrected chi connectivity index (χ2v) is 9.07. The van der Waals surface area contributed by atoms with E-state index in [4.69, 9.17) is 5.73 Å². The van der Waals surface area contributed by atoms with E-state index in [0.29, 0.717) is 19.4 Å². The molecule has 0 radical (unpaired) electrons. The molecule has 0 aliphatic carbocycles. The quantitative estimate of drug-likeness (QED) is 0.241. The molecule has 0 spiro atoms. The van der Waals surface area contributed by atoms with Gasteiger partial charge in [-0.1, -0.05) is 84.5 Å². The van der Waals surface area contributed by atoms with Crippen LogP contribution in [0.5, 0.6) is 0 Å². The Balaban J connectivity index is 3.65. The van der Waals surface area contributed by atoms with E-state index in [1.165, 1.54) is 51.4 Å². The molecule has 1 unspecified atom stereocenters. The Morgan fingerprint density at radius 3 is 1.97 bits per heavy atom. The first kappa shape index (κ1) is 28.9. The molecule has 0 aliphatic heterocycles. The summed E-state index contributed by atoms with van der Waals surface area (Å²) < 4.78 is 0. The summed E-state index contributed by atoms with van der Waals surface area (Å²) in [6.07, 6.45) is 18.3. The lowest BCUT2D eigenvalue weighted by Gasteiger charge is -2.21. The lowest BCUT2D eigenvalue weighted by Crippen LogP contribution is -2.33. The highest BCUT2D eigenvalue weighted by molar-refractivity contribution is 5.77. The van der Waals surface area contributed by atoms with Crippen LogP contribution in [0.3, 0.4) is 0 Å². The first-order chi connectivity index (χ1) is 14.5. The van der Waals surface area contributed by atoms with Crippen LogP contribution in [0, 0.1) is 5.92 Å². The maximum atomic E-state index is 12.3. The summed E-state index contributed by atoms with van der Waals surface area (Å²) in [5.74, 6) is 0.488. The van der Waals surface area contributed by atoms with Crippen molar-refractivity contribution < 1.29 is 9.59 Å². The summed E-state index contributed by atoms with van der Waals surface area (Å²) in [5, 5.41) is 2.99. The van der Waals surface area contributed by atoms with Crippen molar-refractivity contribution in [2.75, 3.05) is 26.7 Å². The van der Waals surface area contributed by atoms with Crippen LogP contribution >= 0.6 is 0 Å². The second-order valence-electron chi connectivity index (χ2n) is 9.07. The number of nitrogens with one attached hydrogen (secondary N) is 1. The highest BCUT2D eigenvalue weighted by atomic mass is 16.2. The van der Waals surface area contributed by atoms with Crippen molar-refractivity contribution >= 4 is 11.8 Å². The van der Waals surface area contributed by atoms with Crippen molar-refractivity contribution in [3.8, 4) is 0 Å². The zero-order valence-electron chi connectivity index (χ0n) is 20.4. The van der Waals surface area contributed by atoms with E-state index in [1.54, 1.807) is 4.90 Å². The fourth-order valence-electron chi connectivity index (χ4n) is 3.83. The van der Waals surface area contributed by atoms with Crippen molar-refractivity contribution in [2.24, 2.45) is 11.7 Å². The molecule has 0 fully saturated rings. The van der Waals surface area contributed by atoms with Crippen molar-refractivity contribution in [3.05, 3.63) is 0 Å². The number of hydrogen-bond donors (Lipinski definition) is 2.